The highest BCUT2D eigenvalue weighted by Crippen LogP contribution is 2.34. The molecule has 0 N–H and O–H groups in total. The molecule has 2 atom stereocenters. The van der Waals surface area contributed by atoms with Crippen LogP contribution in [0.4, 0.5) is 0 Å². The van der Waals surface area contributed by atoms with Crippen molar-refractivity contribution in [3.8, 4) is 0 Å². The molecular formula is C23H33N3. The summed E-state index contributed by atoms with van der Waals surface area (Å²) in [5, 5.41) is 5.14. The minimum absolute atomic E-state index is 0.415. The first-order valence-electron chi connectivity index (χ1n) is 10.1. The van der Waals surface area contributed by atoms with Crippen molar-refractivity contribution in [1.82, 2.24) is 14.9 Å². The van der Waals surface area contributed by atoms with E-state index in [1.807, 2.05) is 0 Å². The van der Waals surface area contributed by atoms with Gasteiger partial charge in [0.2, 0.25) is 0 Å². The monoisotopic (exact) mass is 351 g/mol. The second kappa shape index (κ2) is 9.31. The van der Waals surface area contributed by atoms with E-state index in [1.165, 1.54) is 11.1 Å². The average Bonchev–Trinajstić information content (AvgIpc) is 2.70. The van der Waals surface area contributed by atoms with Crippen LogP contribution in [0.25, 0.3) is 0 Å². The Kier molecular flexibility index (Phi) is 6.84. The summed E-state index contributed by atoms with van der Waals surface area (Å²) >= 11 is 0. The van der Waals surface area contributed by atoms with E-state index in [-0.39, 0.29) is 0 Å². The zero-order valence-electron chi connectivity index (χ0n) is 16.5. The van der Waals surface area contributed by atoms with Crippen molar-refractivity contribution in [3.05, 3.63) is 71.8 Å². The highest BCUT2D eigenvalue weighted by molar-refractivity contribution is 5.22. The van der Waals surface area contributed by atoms with Crippen molar-refractivity contribution in [2.75, 3.05) is 26.2 Å². The first-order valence-corrected chi connectivity index (χ1v) is 10.1. The zero-order valence-corrected chi connectivity index (χ0v) is 16.5. The molecule has 1 aliphatic rings. The number of hydrogen-bond donors (Lipinski definition) is 0. The molecule has 0 aromatic heterocycles. The van der Waals surface area contributed by atoms with E-state index in [0.29, 0.717) is 12.1 Å². The number of benzene rings is 2. The van der Waals surface area contributed by atoms with Gasteiger partial charge in [0.05, 0.1) is 6.04 Å². The average molecular weight is 352 g/mol. The quantitative estimate of drug-likeness (QED) is 0.723. The molecule has 3 nitrogen and oxygen atoms in total. The Morgan fingerprint density at radius 2 is 1.46 bits per heavy atom. The zero-order chi connectivity index (χ0) is 18.4. The van der Waals surface area contributed by atoms with Crippen LogP contribution in [0.15, 0.2) is 60.7 Å². The van der Waals surface area contributed by atoms with Gasteiger partial charge in [0.1, 0.15) is 0 Å². The fraction of sp³-hybridized carbons (Fsp3) is 0.478. The molecule has 3 rings (SSSR count). The van der Waals surface area contributed by atoms with Gasteiger partial charge in [-0.3, -0.25) is 4.90 Å². The largest absolute Gasteiger partial charge is 0.293 e. The van der Waals surface area contributed by atoms with Crippen molar-refractivity contribution in [3.63, 3.8) is 0 Å². The second-order valence-electron chi connectivity index (χ2n) is 7.09. The van der Waals surface area contributed by atoms with Crippen LogP contribution in [0.3, 0.4) is 0 Å². The lowest BCUT2D eigenvalue weighted by Crippen LogP contribution is -2.59. The lowest BCUT2D eigenvalue weighted by atomic mass is 9.92. The summed E-state index contributed by atoms with van der Waals surface area (Å²) in [5.41, 5.74) is 2.85. The van der Waals surface area contributed by atoms with E-state index in [9.17, 15) is 0 Å². The van der Waals surface area contributed by atoms with Gasteiger partial charge >= 0.3 is 0 Å². The lowest BCUT2D eigenvalue weighted by Gasteiger charge is -2.51. The Morgan fingerprint density at radius 1 is 0.846 bits per heavy atom. The van der Waals surface area contributed by atoms with Gasteiger partial charge in [0, 0.05) is 38.8 Å². The Morgan fingerprint density at radius 3 is 2.04 bits per heavy atom. The second-order valence-corrected chi connectivity index (χ2v) is 7.09. The molecule has 2 unspecified atom stereocenters. The summed E-state index contributed by atoms with van der Waals surface area (Å²) in [6, 6.07) is 22.9. The number of nitrogens with zero attached hydrogens (tertiary/aromatic N) is 3. The van der Waals surface area contributed by atoms with E-state index in [0.717, 1.165) is 39.1 Å². The Hall–Kier alpha value is -1.68. The van der Waals surface area contributed by atoms with E-state index in [2.05, 4.69) is 96.4 Å². The molecule has 2 aromatic carbocycles. The van der Waals surface area contributed by atoms with Crippen LogP contribution in [0.2, 0.25) is 0 Å². The minimum atomic E-state index is 0.415. The minimum Gasteiger partial charge on any atom is -0.293 e. The Labute approximate surface area is 159 Å². The summed E-state index contributed by atoms with van der Waals surface area (Å²) < 4.78 is 0. The predicted octanol–water partition coefficient (Wildman–Crippen LogP) is 4.58. The van der Waals surface area contributed by atoms with E-state index in [4.69, 9.17) is 0 Å². The molecular weight excluding hydrogens is 318 g/mol. The van der Waals surface area contributed by atoms with E-state index in [1.54, 1.807) is 0 Å². The van der Waals surface area contributed by atoms with E-state index < -0.39 is 0 Å². The Bertz CT molecular complexity index is 639. The van der Waals surface area contributed by atoms with Crippen molar-refractivity contribution < 1.29 is 0 Å². The van der Waals surface area contributed by atoms with Crippen LogP contribution in [0.1, 0.15) is 44.4 Å². The summed E-state index contributed by atoms with van der Waals surface area (Å²) in [5.74, 6) is 0. The first-order chi connectivity index (χ1) is 12.8. The summed E-state index contributed by atoms with van der Waals surface area (Å²) in [6.07, 6.45) is 1.16. The number of piperazine rings is 1. The molecule has 3 heteroatoms. The standard InChI is InChI=1S/C23H33N3/c1-4-22-23(21-15-11-8-12-16-21)26(25(5-2)6-3)18-17-24(22)19-20-13-9-7-10-14-20/h7-16,22-23H,4-6,17-19H2,1-3H3. The maximum Gasteiger partial charge on any atom is 0.0651 e. The van der Waals surface area contributed by atoms with Crippen LogP contribution in [-0.2, 0) is 6.54 Å². The van der Waals surface area contributed by atoms with E-state index >= 15 is 0 Å². The molecule has 1 fully saturated rings. The molecule has 0 spiro atoms. The van der Waals surface area contributed by atoms with Crippen LogP contribution >= 0.6 is 0 Å². The van der Waals surface area contributed by atoms with Gasteiger partial charge in [-0.1, -0.05) is 81.4 Å². The molecule has 1 aliphatic heterocycles. The normalized spacial score (nSPS) is 22.0. The first kappa shape index (κ1) is 19.1. The van der Waals surface area contributed by atoms with Crippen LogP contribution in [-0.4, -0.2) is 47.1 Å². The number of hydrazine groups is 1. The SMILES string of the molecule is CCC1C(c2ccccc2)N(N(CC)CC)CCN1Cc1ccccc1. The fourth-order valence-electron chi connectivity index (χ4n) is 4.38. The molecule has 26 heavy (non-hydrogen) atoms. The van der Waals surface area contributed by atoms with Gasteiger partial charge in [0.15, 0.2) is 0 Å². The van der Waals surface area contributed by atoms with Gasteiger partial charge in [-0.05, 0) is 17.5 Å². The third-order valence-electron chi connectivity index (χ3n) is 5.65. The van der Waals surface area contributed by atoms with Gasteiger partial charge in [-0.15, -0.1) is 0 Å². The van der Waals surface area contributed by atoms with Gasteiger partial charge in [-0.25, -0.2) is 10.0 Å². The van der Waals surface area contributed by atoms with Crippen molar-refractivity contribution >= 4 is 0 Å². The number of hydrogen-bond acceptors (Lipinski definition) is 3. The highest BCUT2D eigenvalue weighted by Gasteiger charge is 2.38. The van der Waals surface area contributed by atoms with Crippen molar-refractivity contribution in [2.24, 2.45) is 0 Å². The molecule has 1 saturated heterocycles. The van der Waals surface area contributed by atoms with Crippen molar-refractivity contribution in [2.45, 2.75) is 45.8 Å². The third kappa shape index (κ3) is 4.17. The molecule has 1 heterocycles. The maximum absolute atomic E-state index is 2.69. The molecule has 140 valence electrons. The Balaban J connectivity index is 1.90. The third-order valence-corrected chi connectivity index (χ3v) is 5.65. The molecule has 0 radical (unpaired) electrons. The number of rotatable bonds is 7. The molecule has 0 saturated carbocycles. The van der Waals surface area contributed by atoms with Crippen LogP contribution < -0.4 is 0 Å². The molecule has 0 amide bonds. The summed E-state index contributed by atoms with van der Waals surface area (Å²) in [4.78, 5) is 2.69. The highest BCUT2D eigenvalue weighted by atomic mass is 15.6. The van der Waals surface area contributed by atoms with Gasteiger partial charge in [0.25, 0.3) is 0 Å². The lowest BCUT2D eigenvalue weighted by molar-refractivity contribution is -0.119. The summed E-state index contributed by atoms with van der Waals surface area (Å²) in [7, 11) is 0. The van der Waals surface area contributed by atoms with Crippen LogP contribution in [0.5, 0.6) is 0 Å². The molecule has 0 bridgehead atoms. The van der Waals surface area contributed by atoms with Gasteiger partial charge < -0.3 is 0 Å². The maximum atomic E-state index is 2.69. The van der Waals surface area contributed by atoms with Crippen LogP contribution in [0, 0.1) is 0 Å². The van der Waals surface area contributed by atoms with Crippen molar-refractivity contribution in [1.29, 1.82) is 0 Å². The van der Waals surface area contributed by atoms with Gasteiger partial charge in [-0.2, -0.15) is 0 Å². The molecule has 2 aromatic rings. The fourth-order valence-corrected chi connectivity index (χ4v) is 4.38. The topological polar surface area (TPSA) is 9.72 Å². The summed E-state index contributed by atoms with van der Waals surface area (Å²) in [6.45, 7) is 12.2. The molecule has 0 aliphatic carbocycles. The smallest absolute Gasteiger partial charge is 0.0651 e. The predicted molar refractivity (Wildman–Crippen MR) is 110 cm³/mol.